The number of rotatable bonds is 3. The van der Waals surface area contributed by atoms with E-state index in [1.165, 1.54) is 0 Å². The third-order valence-corrected chi connectivity index (χ3v) is 3.45. The Morgan fingerprint density at radius 3 is 2.00 bits per heavy atom. The topological polar surface area (TPSA) is 38.7 Å². The van der Waals surface area contributed by atoms with Gasteiger partial charge in [0.2, 0.25) is 0 Å². The van der Waals surface area contributed by atoms with Crippen molar-refractivity contribution in [3.8, 4) is 0 Å². The molecule has 1 aliphatic heterocycles. The molecule has 1 heterocycles. The van der Waals surface area contributed by atoms with Gasteiger partial charge >= 0.3 is 7.12 Å². The van der Waals surface area contributed by atoms with Crippen LogP contribution >= 0.6 is 0 Å². The van der Waals surface area contributed by atoms with Crippen LogP contribution in [0.5, 0.6) is 0 Å². The average Bonchev–Trinajstić information content (AvgIpc) is 2.31. The molecule has 0 aromatic carbocycles. The van der Waals surface area contributed by atoms with Gasteiger partial charge in [0.15, 0.2) is 0 Å². The number of hydrogen-bond donors (Lipinski definition) is 1. The lowest BCUT2D eigenvalue weighted by molar-refractivity contribution is 0.00578. The fourth-order valence-corrected chi connectivity index (χ4v) is 1.68. The van der Waals surface area contributed by atoms with Crippen LogP contribution in [-0.2, 0) is 9.31 Å². The van der Waals surface area contributed by atoms with Crippen molar-refractivity contribution in [1.82, 2.24) is 0 Å². The number of hydrogen-bond acceptors (Lipinski definition) is 3. The minimum atomic E-state index is -0.533. The monoisotopic (exact) mass is 226 g/mol. The van der Waals surface area contributed by atoms with Crippen LogP contribution in [0.15, 0.2) is 11.5 Å². The lowest BCUT2D eigenvalue weighted by atomic mass is 9.74. The maximum Gasteiger partial charge on any atom is 0.492 e. The highest BCUT2D eigenvalue weighted by atomic mass is 16.7. The van der Waals surface area contributed by atoms with Crippen molar-refractivity contribution in [3.63, 3.8) is 0 Å². The molecule has 0 aromatic rings. The molecule has 0 saturated carbocycles. The first kappa shape index (κ1) is 13.7. The third kappa shape index (κ3) is 2.50. The Labute approximate surface area is 99.0 Å². The molecule has 4 heteroatoms. The second kappa shape index (κ2) is 4.51. The maximum atomic E-state index is 9.72. The van der Waals surface area contributed by atoms with Crippen molar-refractivity contribution in [2.24, 2.45) is 0 Å². The van der Waals surface area contributed by atoms with E-state index >= 15 is 0 Å². The van der Waals surface area contributed by atoms with Crippen molar-refractivity contribution >= 4 is 7.12 Å². The SMILES string of the molecule is CC/C=C(/B1OC(C)(C)C(C)(C)O1)C(C)O. The second-order valence-electron chi connectivity index (χ2n) is 5.38. The van der Waals surface area contributed by atoms with Crippen LogP contribution in [0.4, 0.5) is 0 Å². The molecule has 0 radical (unpaired) electrons. The van der Waals surface area contributed by atoms with Gasteiger partial charge in [0.25, 0.3) is 0 Å². The predicted octanol–water partition coefficient (Wildman–Crippen LogP) is 2.34. The summed E-state index contributed by atoms with van der Waals surface area (Å²) < 4.78 is 11.8. The molecule has 1 unspecified atom stereocenters. The van der Waals surface area contributed by atoms with Crippen molar-refractivity contribution in [2.45, 2.75) is 65.3 Å². The molecule has 3 nitrogen and oxygen atoms in total. The van der Waals surface area contributed by atoms with E-state index < -0.39 is 13.2 Å². The second-order valence-corrected chi connectivity index (χ2v) is 5.38. The minimum absolute atomic E-state index is 0.348. The van der Waals surface area contributed by atoms with Crippen LogP contribution in [0, 0.1) is 0 Å². The quantitative estimate of drug-likeness (QED) is 0.750. The molecule has 1 aliphatic rings. The Morgan fingerprint density at radius 2 is 1.69 bits per heavy atom. The van der Waals surface area contributed by atoms with Crippen LogP contribution in [0.3, 0.4) is 0 Å². The highest BCUT2D eigenvalue weighted by Crippen LogP contribution is 2.39. The smallest absolute Gasteiger partial charge is 0.400 e. The molecule has 1 rings (SSSR count). The third-order valence-electron chi connectivity index (χ3n) is 3.45. The van der Waals surface area contributed by atoms with Gasteiger partial charge in [-0.25, -0.2) is 0 Å². The molecular weight excluding hydrogens is 203 g/mol. The Bertz CT molecular complexity index is 266. The summed E-state index contributed by atoms with van der Waals surface area (Å²) in [6.45, 7) is 11.8. The molecule has 0 amide bonds. The van der Waals surface area contributed by atoms with Gasteiger partial charge < -0.3 is 14.4 Å². The molecule has 0 aromatic heterocycles. The molecular formula is C12H23BO3. The highest BCUT2D eigenvalue weighted by molar-refractivity contribution is 6.55. The zero-order valence-corrected chi connectivity index (χ0v) is 11.2. The standard InChI is InChI=1S/C12H23BO3/c1-7-8-10(9(2)14)13-15-11(3,4)12(5,6)16-13/h8-9,14H,7H2,1-6H3/b10-8+. The van der Waals surface area contributed by atoms with Gasteiger partial charge in [-0.3, -0.25) is 0 Å². The Kier molecular flexibility index (Phi) is 3.88. The first-order valence-electron chi connectivity index (χ1n) is 5.95. The van der Waals surface area contributed by atoms with E-state index in [1.54, 1.807) is 6.92 Å². The lowest BCUT2D eigenvalue weighted by Gasteiger charge is -2.32. The molecule has 1 atom stereocenters. The van der Waals surface area contributed by atoms with E-state index in [0.717, 1.165) is 11.9 Å². The summed E-state index contributed by atoms with van der Waals surface area (Å²) in [6, 6.07) is 0. The molecule has 0 spiro atoms. The van der Waals surface area contributed by atoms with Gasteiger partial charge in [-0.05, 0) is 46.5 Å². The zero-order valence-electron chi connectivity index (χ0n) is 11.2. The van der Waals surface area contributed by atoms with Crippen molar-refractivity contribution < 1.29 is 14.4 Å². The van der Waals surface area contributed by atoms with E-state index in [-0.39, 0.29) is 11.2 Å². The van der Waals surface area contributed by atoms with Crippen LogP contribution in [0.2, 0.25) is 0 Å². The van der Waals surface area contributed by atoms with E-state index in [2.05, 4.69) is 0 Å². The zero-order chi connectivity index (χ0) is 12.6. The van der Waals surface area contributed by atoms with Crippen LogP contribution in [0.1, 0.15) is 48.0 Å². The maximum absolute atomic E-state index is 9.72. The first-order chi connectivity index (χ1) is 7.21. The Balaban J connectivity index is 2.89. The van der Waals surface area contributed by atoms with Crippen LogP contribution in [-0.4, -0.2) is 29.5 Å². The summed E-state index contributed by atoms with van der Waals surface area (Å²) in [5.74, 6) is 0. The average molecular weight is 226 g/mol. The fraction of sp³-hybridized carbons (Fsp3) is 0.833. The van der Waals surface area contributed by atoms with Crippen molar-refractivity contribution in [3.05, 3.63) is 11.5 Å². The summed E-state index contributed by atoms with van der Waals surface area (Å²) in [5, 5.41) is 9.72. The van der Waals surface area contributed by atoms with E-state index in [0.29, 0.717) is 0 Å². The van der Waals surface area contributed by atoms with Gasteiger partial charge in [0.1, 0.15) is 0 Å². The van der Waals surface area contributed by atoms with E-state index in [4.69, 9.17) is 9.31 Å². The largest absolute Gasteiger partial charge is 0.492 e. The first-order valence-corrected chi connectivity index (χ1v) is 5.95. The van der Waals surface area contributed by atoms with Gasteiger partial charge in [-0.2, -0.15) is 0 Å². The lowest BCUT2D eigenvalue weighted by Crippen LogP contribution is -2.41. The van der Waals surface area contributed by atoms with Gasteiger partial charge in [0, 0.05) is 0 Å². The normalized spacial score (nSPS) is 25.9. The van der Waals surface area contributed by atoms with Crippen molar-refractivity contribution in [1.29, 1.82) is 0 Å². The van der Waals surface area contributed by atoms with E-state index in [9.17, 15) is 5.11 Å². The van der Waals surface area contributed by atoms with E-state index in [1.807, 2.05) is 40.7 Å². The number of allylic oxidation sites excluding steroid dienone is 1. The fourth-order valence-electron chi connectivity index (χ4n) is 1.68. The van der Waals surface area contributed by atoms with Crippen molar-refractivity contribution in [2.75, 3.05) is 0 Å². The Hall–Kier alpha value is -0.315. The highest BCUT2D eigenvalue weighted by Gasteiger charge is 2.52. The molecule has 1 fully saturated rings. The summed E-state index contributed by atoms with van der Waals surface area (Å²) >= 11 is 0. The summed E-state index contributed by atoms with van der Waals surface area (Å²) in [6.07, 6.45) is 2.31. The molecule has 0 aliphatic carbocycles. The molecule has 0 bridgehead atoms. The van der Waals surface area contributed by atoms with Gasteiger partial charge in [-0.15, -0.1) is 0 Å². The van der Waals surface area contributed by atoms with Gasteiger partial charge in [-0.1, -0.05) is 13.0 Å². The van der Waals surface area contributed by atoms with Crippen LogP contribution < -0.4 is 0 Å². The molecule has 1 N–H and O–H groups in total. The number of aliphatic hydroxyl groups is 1. The molecule has 92 valence electrons. The Morgan fingerprint density at radius 1 is 1.25 bits per heavy atom. The van der Waals surface area contributed by atoms with Crippen LogP contribution in [0.25, 0.3) is 0 Å². The summed E-state index contributed by atoms with van der Waals surface area (Å²) in [7, 11) is -0.426. The number of aliphatic hydroxyl groups excluding tert-OH is 1. The molecule has 16 heavy (non-hydrogen) atoms. The summed E-state index contributed by atoms with van der Waals surface area (Å²) in [5.41, 5.74) is 0.125. The predicted molar refractivity (Wildman–Crippen MR) is 66.1 cm³/mol. The molecule has 1 saturated heterocycles. The van der Waals surface area contributed by atoms with Gasteiger partial charge in [0.05, 0.1) is 17.3 Å². The summed E-state index contributed by atoms with van der Waals surface area (Å²) in [4.78, 5) is 0. The minimum Gasteiger partial charge on any atom is -0.400 e.